The van der Waals surface area contributed by atoms with Gasteiger partial charge in [-0.2, -0.15) is 0 Å². The molecule has 0 spiro atoms. The standard InChI is InChI=1S/C22H22NO4PS/c1-26-28(25,29-20-15-9-4-10-16-20)21(19-13-7-3-8-14-19)23-22(24)27-17-18-11-5-2-6-12-18/h2-16,21H,17H2,1H3,(H,23,24). The van der Waals surface area contributed by atoms with Crippen molar-refractivity contribution in [3.63, 3.8) is 0 Å². The molecule has 1 amide bonds. The van der Waals surface area contributed by atoms with E-state index in [-0.39, 0.29) is 6.61 Å². The third-order valence-corrected chi connectivity index (χ3v) is 8.91. The molecular formula is C22H22NO4PS. The molecule has 1 N–H and O–H groups in total. The Kier molecular flexibility index (Phi) is 7.53. The summed E-state index contributed by atoms with van der Waals surface area (Å²) in [6, 6.07) is 27.8. The fourth-order valence-corrected chi connectivity index (χ4v) is 6.75. The molecule has 29 heavy (non-hydrogen) atoms. The Hall–Kier alpha value is -2.53. The van der Waals surface area contributed by atoms with Crippen LogP contribution in [0.5, 0.6) is 0 Å². The van der Waals surface area contributed by atoms with Crippen molar-refractivity contribution in [2.24, 2.45) is 0 Å². The molecule has 150 valence electrons. The van der Waals surface area contributed by atoms with Gasteiger partial charge in [0.05, 0.1) is 0 Å². The third-order valence-electron chi connectivity index (χ3n) is 4.13. The Bertz CT molecular complexity index is 954. The van der Waals surface area contributed by atoms with Crippen LogP contribution in [0.2, 0.25) is 0 Å². The smallest absolute Gasteiger partial charge is 0.408 e. The number of amides is 1. The van der Waals surface area contributed by atoms with Crippen LogP contribution in [0.3, 0.4) is 0 Å². The van der Waals surface area contributed by atoms with E-state index in [1.807, 2.05) is 78.9 Å². The first-order chi connectivity index (χ1) is 14.1. The molecule has 0 aliphatic heterocycles. The van der Waals surface area contributed by atoms with Crippen molar-refractivity contribution in [1.29, 1.82) is 0 Å². The van der Waals surface area contributed by atoms with Crippen molar-refractivity contribution >= 4 is 24.0 Å². The highest BCUT2D eigenvalue weighted by Gasteiger charge is 2.38. The van der Waals surface area contributed by atoms with E-state index in [4.69, 9.17) is 9.26 Å². The first-order valence-electron chi connectivity index (χ1n) is 9.03. The van der Waals surface area contributed by atoms with E-state index in [9.17, 15) is 9.36 Å². The molecule has 3 aromatic carbocycles. The predicted octanol–water partition coefficient (Wildman–Crippen LogP) is 6.24. The molecule has 0 fully saturated rings. The van der Waals surface area contributed by atoms with Crippen molar-refractivity contribution in [3.05, 3.63) is 102 Å². The number of nitrogens with one attached hydrogen (secondary N) is 1. The summed E-state index contributed by atoms with van der Waals surface area (Å²) in [4.78, 5) is 13.3. The van der Waals surface area contributed by atoms with Crippen molar-refractivity contribution < 1.29 is 18.6 Å². The van der Waals surface area contributed by atoms with Crippen molar-refractivity contribution in [2.75, 3.05) is 7.11 Å². The van der Waals surface area contributed by atoms with Gasteiger partial charge < -0.3 is 14.6 Å². The number of alkyl carbamates (subject to hydrolysis) is 1. The molecule has 0 aliphatic rings. The Balaban J connectivity index is 1.80. The van der Waals surface area contributed by atoms with Gasteiger partial charge in [0.25, 0.3) is 6.57 Å². The average molecular weight is 427 g/mol. The molecule has 3 aromatic rings. The predicted molar refractivity (Wildman–Crippen MR) is 116 cm³/mol. The Morgan fingerprint density at radius 2 is 1.48 bits per heavy atom. The lowest BCUT2D eigenvalue weighted by atomic mass is 10.2. The van der Waals surface area contributed by atoms with Gasteiger partial charge in [-0.05, 0) is 34.6 Å². The molecule has 2 atom stereocenters. The summed E-state index contributed by atoms with van der Waals surface area (Å²) in [5.41, 5.74) is 1.55. The highest BCUT2D eigenvalue weighted by molar-refractivity contribution is 8.56. The second-order valence-corrected chi connectivity index (χ2v) is 10.8. The fraction of sp³-hybridized carbons (Fsp3) is 0.136. The summed E-state index contributed by atoms with van der Waals surface area (Å²) in [7, 11) is 1.39. The summed E-state index contributed by atoms with van der Waals surface area (Å²) >= 11 is 1.11. The average Bonchev–Trinajstić information content (AvgIpc) is 2.78. The first kappa shape index (κ1) is 21.2. The topological polar surface area (TPSA) is 64.6 Å². The number of ether oxygens (including phenoxy) is 1. The van der Waals surface area contributed by atoms with Gasteiger partial charge in [0, 0.05) is 12.0 Å². The second-order valence-electron chi connectivity index (χ2n) is 6.15. The molecule has 0 saturated heterocycles. The molecule has 0 radical (unpaired) electrons. The van der Waals surface area contributed by atoms with Crippen molar-refractivity contribution in [3.8, 4) is 0 Å². The third kappa shape index (κ3) is 5.97. The SMILES string of the molecule is COP(=O)(Sc1ccccc1)C(NC(=O)OCc1ccccc1)c1ccccc1. The molecule has 0 bridgehead atoms. The molecule has 7 heteroatoms. The van der Waals surface area contributed by atoms with Crippen molar-refractivity contribution in [1.82, 2.24) is 5.32 Å². The largest absolute Gasteiger partial charge is 0.445 e. The van der Waals surface area contributed by atoms with Gasteiger partial charge in [0.15, 0.2) is 0 Å². The van der Waals surface area contributed by atoms with Gasteiger partial charge >= 0.3 is 6.09 Å². The molecule has 5 nitrogen and oxygen atoms in total. The zero-order valence-corrected chi connectivity index (χ0v) is 17.6. The molecule has 0 saturated carbocycles. The molecule has 0 heterocycles. The van der Waals surface area contributed by atoms with Gasteiger partial charge in [-0.3, -0.25) is 4.57 Å². The van der Waals surface area contributed by atoms with Crippen LogP contribution in [0.4, 0.5) is 4.79 Å². The van der Waals surface area contributed by atoms with Crippen LogP contribution in [-0.4, -0.2) is 13.2 Å². The molecule has 0 aliphatic carbocycles. The second kappa shape index (κ2) is 10.3. The van der Waals surface area contributed by atoms with Crippen LogP contribution in [0.15, 0.2) is 95.9 Å². The summed E-state index contributed by atoms with van der Waals surface area (Å²) in [6.45, 7) is -3.28. The molecular weight excluding hydrogens is 405 g/mol. The van der Waals surface area contributed by atoms with Crippen LogP contribution in [0.1, 0.15) is 16.9 Å². The number of hydrogen-bond acceptors (Lipinski definition) is 5. The fourth-order valence-electron chi connectivity index (χ4n) is 2.68. The van der Waals surface area contributed by atoms with E-state index in [1.165, 1.54) is 7.11 Å². The maximum Gasteiger partial charge on any atom is 0.408 e. The van der Waals surface area contributed by atoms with Crippen LogP contribution < -0.4 is 5.32 Å². The summed E-state index contributed by atoms with van der Waals surface area (Å²) in [6.07, 6.45) is -0.659. The lowest BCUT2D eigenvalue weighted by Gasteiger charge is -2.26. The molecule has 3 rings (SSSR count). The number of rotatable bonds is 8. The van der Waals surface area contributed by atoms with E-state index < -0.39 is 18.4 Å². The van der Waals surface area contributed by atoms with Crippen LogP contribution in [0.25, 0.3) is 0 Å². The van der Waals surface area contributed by atoms with Crippen LogP contribution in [-0.2, 0) is 20.4 Å². The van der Waals surface area contributed by atoms with E-state index in [1.54, 1.807) is 12.1 Å². The number of hydrogen-bond donors (Lipinski definition) is 1. The summed E-state index contributed by atoms with van der Waals surface area (Å²) in [5, 5.41) is 2.75. The minimum Gasteiger partial charge on any atom is -0.445 e. The Morgan fingerprint density at radius 3 is 2.07 bits per heavy atom. The van der Waals surface area contributed by atoms with E-state index >= 15 is 0 Å². The lowest BCUT2D eigenvalue weighted by Crippen LogP contribution is -2.29. The van der Waals surface area contributed by atoms with Gasteiger partial charge in [-0.1, -0.05) is 78.9 Å². The van der Waals surface area contributed by atoms with Gasteiger partial charge in [-0.25, -0.2) is 4.79 Å². The maximum absolute atomic E-state index is 13.7. The minimum absolute atomic E-state index is 0.122. The summed E-state index contributed by atoms with van der Waals surface area (Å²) in [5.74, 6) is -0.859. The highest BCUT2D eigenvalue weighted by atomic mass is 32.7. The molecule has 2 unspecified atom stereocenters. The van der Waals surface area contributed by atoms with Crippen molar-refractivity contribution in [2.45, 2.75) is 17.3 Å². The number of carbonyl (C=O) groups is 1. The Labute approximate surface area is 174 Å². The normalized spacial score (nSPS) is 13.8. The monoisotopic (exact) mass is 427 g/mol. The van der Waals surface area contributed by atoms with Gasteiger partial charge in [0.1, 0.15) is 12.4 Å². The lowest BCUT2D eigenvalue weighted by molar-refractivity contribution is 0.138. The first-order valence-corrected chi connectivity index (χ1v) is 12.1. The van der Waals surface area contributed by atoms with Crippen LogP contribution in [0, 0.1) is 0 Å². The highest BCUT2D eigenvalue weighted by Crippen LogP contribution is 2.70. The maximum atomic E-state index is 13.7. The quantitative estimate of drug-likeness (QED) is 0.431. The number of carbonyl (C=O) groups excluding carboxylic acids is 1. The van der Waals surface area contributed by atoms with E-state index in [0.29, 0.717) is 5.56 Å². The Morgan fingerprint density at radius 1 is 0.931 bits per heavy atom. The van der Waals surface area contributed by atoms with Gasteiger partial charge in [0.2, 0.25) is 0 Å². The molecule has 0 aromatic heterocycles. The zero-order chi connectivity index (χ0) is 20.5. The van der Waals surface area contributed by atoms with Crippen LogP contribution >= 0.6 is 18.0 Å². The zero-order valence-electron chi connectivity index (χ0n) is 15.9. The number of benzene rings is 3. The van der Waals surface area contributed by atoms with E-state index in [0.717, 1.165) is 21.8 Å². The summed E-state index contributed by atoms with van der Waals surface area (Å²) < 4.78 is 24.5. The van der Waals surface area contributed by atoms with Gasteiger partial charge in [-0.15, -0.1) is 0 Å². The van der Waals surface area contributed by atoms with E-state index in [2.05, 4.69) is 5.32 Å². The minimum atomic E-state index is -3.40.